The fourth-order valence-corrected chi connectivity index (χ4v) is 4.30. The summed E-state index contributed by atoms with van der Waals surface area (Å²) in [5, 5.41) is 0. The number of hydrogen-bond donors (Lipinski definition) is 0. The van der Waals surface area contributed by atoms with Crippen LogP contribution in [0.15, 0.2) is 24.3 Å². The predicted molar refractivity (Wildman–Crippen MR) is 75.9 cm³/mol. The number of rotatable bonds is 4. The van der Waals surface area contributed by atoms with Gasteiger partial charge < -0.3 is 0 Å². The van der Waals surface area contributed by atoms with Crippen LogP contribution < -0.4 is 0 Å². The summed E-state index contributed by atoms with van der Waals surface area (Å²) in [5.41, 5.74) is 5.26. The summed E-state index contributed by atoms with van der Waals surface area (Å²) in [7, 11) is -1.35. The SMILES string of the molecule is CC[Si](C#Cc1ccc(C=O)cc1)(CC)CC. The lowest BCUT2D eigenvalue weighted by Gasteiger charge is -2.19. The van der Waals surface area contributed by atoms with Gasteiger partial charge in [-0.2, -0.15) is 0 Å². The molecular weight excluding hydrogens is 224 g/mol. The largest absolute Gasteiger partial charge is 0.298 e. The smallest absolute Gasteiger partial charge is 0.150 e. The molecule has 0 bridgehead atoms. The van der Waals surface area contributed by atoms with Crippen molar-refractivity contribution in [2.75, 3.05) is 0 Å². The molecule has 1 aromatic carbocycles. The summed E-state index contributed by atoms with van der Waals surface area (Å²) in [5.74, 6) is 3.29. The molecule has 0 amide bonds. The quantitative estimate of drug-likeness (QED) is 0.446. The number of carbonyl (C=O) groups is 1. The van der Waals surface area contributed by atoms with Crippen molar-refractivity contribution in [2.24, 2.45) is 0 Å². The van der Waals surface area contributed by atoms with Gasteiger partial charge in [0.2, 0.25) is 0 Å². The van der Waals surface area contributed by atoms with Crippen LogP contribution in [0.5, 0.6) is 0 Å². The highest BCUT2D eigenvalue weighted by Crippen LogP contribution is 2.19. The molecule has 0 heterocycles. The first-order valence-corrected chi connectivity index (χ1v) is 8.90. The molecule has 0 atom stereocenters. The first kappa shape index (κ1) is 13.7. The average molecular weight is 244 g/mol. The van der Waals surface area contributed by atoms with E-state index in [0.29, 0.717) is 5.56 Å². The zero-order chi connectivity index (χ0) is 12.7. The standard InChI is InChI=1S/C15H20OSi/c1-4-17(5-2,6-3)12-11-14-7-9-15(13-16)10-8-14/h7-10,13H,4-6H2,1-3H3. The molecule has 17 heavy (non-hydrogen) atoms. The van der Waals surface area contributed by atoms with Gasteiger partial charge in [-0.15, -0.1) is 5.54 Å². The van der Waals surface area contributed by atoms with Crippen molar-refractivity contribution >= 4 is 14.4 Å². The highest BCUT2D eigenvalue weighted by molar-refractivity contribution is 6.87. The number of aldehydes is 1. The molecule has 0 aliphatic heterocycles. The highest BCUT2D eigenvalue weighted by Gasteiger charge is 2.23. The van der Waals surface area contributed by atoms with Gasteiger partial charge in [0.1, 0.15) is 14.4 Å². The number of hydrogen-bond acceptors (Lipinski definition) is 1. The Labute approximate surface area is 105 Å². The molecular formula is C15H20OSi. The minimum atomic E-state index is -1.35. The molecule has 1 rings (SSSR count). The lowest BCUT2D eigenvalue weighted by Crippen LogP contribution is -2.29. The molecule has 0 aliphatic rings. The third-order valence-corrected chi connectivity index (χ3v) is 8.27. The Hall–Kier alpha value is -1.33. The van der Waals surface area contributed by atoms with E-state index in [4.69, 9.17) is 0 Å². The summed E-state index contributed by atoms with van der Waals surface area (Å²) in [6.45, 7) is 6.76. The molecule has 0 saturated heterocycles. The summed E-state index contributed by atoms with van der Waals surface area (Å²) < 4.78 is 0. The fraction of sp³-hybridized carbons (Fsp3) is 0.400. The van der Waals surface area contributed by atoms with Crippen LogP contribution in [0.3, 0.4) is 0 Å². The lowest BCUT2D eigenvalue weighted by molar-refractivity contribution is 0.112. The summed E-state index contributed by atoms with van der Waals surface area (Å²) in [6.07, 6.45) is 0.861. The minimum absolute atomic E-state index is 0.709. The van der Waals surface area contributed by atoms with E-state index < -0.39 is 8.07 Å². The third kappa shape index (κ3) is 3.57. The van der Waals surface area contributed by atoms with E-state index in [1.54, 1.807) is 0 Å². The van der Waals surface area contributed by atoms with E-state index in [1.807, 2.05) is 24.3 Å². The van der Waals surface area contributed by atoms with Crippen molar-refractivity contribution in [3.8, 4) is 11.5 Å². The minimum Gasteiger partial charge on any atom is -0.298 e. The molecule has 0 spiro atoms. The van der Waals surface area contributed by atoms with E-state index >= 15 is 0 Å². The van der Waals surface area contributed by atoms with Gasteiger partial charge in [-0.3, -0.25) is 4.79 Å². The van der Waals surface area contributed by atoms with Gasteiger partial charge in [-0.05, 0) is 30.3 Å². The van der Waals surface area contributed by atoms with Gasteiger partial charge in [0, 0.05) is 11.1 Å². The predicted octanol–water partition coefficient (Wildman–Crippen LogP) is 3.90. The zero-order valence-corrected chi connectivity index (χ0v) is 11.9. The first-order valence-electron chi connectivity index (χ1n) is 6.28. The van der Waals surface area contributed by atoms with Crippen molar-refractivity contribution in [2.45, 2.75) is 38.9 Å². The van der Waals surface area contributed by atoms with E-state index in [0.717, 1.165) is 11.8 Å². The average Bonchev–Trinajstić information content (AvgIpc) is 2.41. The van der Waals surface area contributed by atoms with Crippen LogP contribution in [0, 0.1) is 11.5 Å². The first-order chi connectivity index (χ1) is 8.19. The Balaban J connectivity index is 2.92. The Kier molecular flexibility index (Phi) is 5.18. The molecule has 0 aromatic heterocycles. The van der Waals surface area contributed by atoms with E-state index in [9.17, 15) is 4.79 Å². The van der Waals surface area contributed by atoms with Gasteiger partial charge in [-0.25, -0.2) is 0 Å². The van der Waals surface area contributed by atoms with E-state index in [1.165, 1.54) is 18.1 Å². The van der Waals surface area contributed by atoms with Crippen molar-refractivity contribution in [1.29, 1.82) is 0 Å². The van der Waals surface area contributed by atoms with Crippen LogP contribution in [0.25, 0.3) is 0 Å². The second kappa shape index (κ2) is 6.41. The maximum Gasteiger partial charge on any atom is 0.150 e. The highest BCUT2D eigenvalue weighted by atomic mass is 28.3. The van der Waals surface area contributed by atoms with Crippen LogP contribution in [0.2, 0.25) is 18.1 Å². The van der Waals surface area contributed by atoms with Crippen LogP contribution in [-0.2, 0) is 0 Å². The molecule has 0 saturated carbocycles. The Bertz CT molecular complexity index is 410. The summed E-state index contributed by atoms with van der Waals surface area (Å²) in [6, 6.07) is 11.2. The fourth-order valence-electron chi connectivity index (χ4n) is 1.86. The molecule has 1 nitrogen and oxygen atoms in total. The van der Waals surface area contributed by atoms with Gasteiger partial charge in [-0.1, -0.05) is 38.8 Å². The molecule has 0 radical (unpaired) electrons. The summed E-state index contributed by atoms with van der Waals surface area (Å²) >= 11 is 0. The molecule has 0 fully saturated rings. The lowest BCUT2D eigenvalue weighted by atomic mass is 10.2. The summed E-state index contributed by atoms with van der Waals surface area (Å²) in [4.78, 5) is 10.5. The number of carbonyl (C=O) groups excluding carboxylic acids is 1. The Morgan fingerprint density at radius 1 is 1.06 bits per heavy atom. The van der Waals surface area contributed by atoms with Crippen molar-refractivity contribution in [1.82, 2.24) is 0 Å². The molecule has 0 aliphatic carbocycles. The van der Waals surface area contributed by atoms with Gasteiger partial charge in [0.05, 0.1) is 0 Å². The Morgan fingerprint density at radius 2 is 1.59 bits per heavy atom. The van der Waals surface area contributed by atoms with Crippen LogP contribution in [0.1, 0.15) is 36.7 Å². The monoisotopic (exact) mass is 244 g/mol. The normalized spacial score (nSPS) is 10.5. The van der Waals surface area contributed by atoms with Crippen molar-refractivity contribution in [3.63, 3.8) is 0 Å². The zero-order valence-electron chi connectivity index (χ0n) is 10.9. The van der Waals surface area contributed by atoms with E-state index in [2.05, 4.69) is 32.2 Å². The van der Waals surface area contributed by atoms with Gasteiger partial charge in [0.15, 0.2) is 0 Å². The van der Waals surface area contributed by atoms with Crippen molar-refractivity contribution < 1.29 is 4.79 Å². The molecule has 2 heteroatoms. The van der Waals surface area contributed by atoms with Crippen LogP contribution in [0.4, 0.5) is 0 Å². The van der Waals surface area contributed by atoms with E-state index in [-0.39, 0.29) is 0 Å². The second-order valence-corrected chi connectivity index (χ2v) is 9.26. The Morgan fingerprint density at radius 3 is 2.00 bits per heavy atom. The number of benzene rings is 1. The molecule has 90 valence electrons. The molecule has 0 N–H and O–H groups in total. The molecule has 1 aromatic rings. The topological polar surface area (TPSA) is 17.1 Å². The molecule has 0 unspecified atom stereocenters. The van der Waals surface area contributed by atoms with Crippen LogP contribution >= 0.6 is 0 Å². The van der Waals surface area contributed by atoms with Crippen molar-refractivity contribution in [3.05, 3.63) is 35.4 Å². The van der Waals surface area contributed by atoms with Gasteiger partial charge >= 0.3 is 0 Å². The maximum absolute atomic E-state index is 10.5. The van der Waals surface area contributed by atoms with Crippen LogP contribution in [-0.4, -0.2) is 14.4 Å². The van der Waals surface area contributed by atoms with Gasteiger partial charge in [0.25, 0.3) is 0 Å². The maximum atomic E-state index is 10.5. The second-order valence-electron chi connectivity index (χ2n) is 4.33. The third-order valence-electron chi connectivity index (χ3n) is 3.55.